The summed E-state index contributed by atoms with van der Waals surface area (Å²) >= 11 is 0. The smallest absolute Gasteiger partial charge is 0.222 e. The first-order chi connectivity index (χ1) is 3.30. The van der Waals surface area contributed by atoms with E-state index in [1.54, 1.807) is 6.08 Å². The zero-order valence-electron chi connectivity index (χ0n) is 3.79. The average molecular weight is 98.1 g/mol. The van der Waals surface area contributed by atoms with Gasteiger partial charge in [-0.3, -0.25) is 0 Å². The molecule has 0 spiro atoms. The molecule has 1 N–H and O–H groups in total. The second kappa shape index (κ2) is 1.39. The Labute approximate surface area is 41.7 Å². The molecule has 1 heterocycles. The molecule has 1 atom stereocenters. The van der Waals surface area contributed by atoms with Crippen LogP contribution in [-0.2, 0) is 4.74 Å². The summed E-state index contributed by atoms with van der Waals surface area (Å²) in [6.45, 7) is 3.47. The minimum atomic E-state index is -0.792. The third kappa shape index (κ3) is 0.644. The van der Waals surface area contributed by atoms with Crippen LogP contribution in [0.3, 0.4) is 0 Å². The molecule has 0 amide bonds. The highest BCUT2D eigenvalue weighted by Gasteiger charge is 2.08. The molecule has 0 saturated heterocycles. The zero-order valence-corrected chi connectivity index (χ0v) is 3.79. The number of hydrogen-bond acceptors (Lipinski definition) is 2. The number of aliphatic hydroxyl groups is 1. The summed E-state index contributed by atoms with van der Waals surface area (Å²) in [6, 6.07) is 0. The summed E-state index contributed by atoms with van der Waals surface area (Å²) in [5, 5.41) is 8.61. The van der Waals surface area contributed by atoms with E-state index in [2.05, 4.69) is 11.3 Å². The van der Waals surface area contributed by atoms with Crippen molar-refractivity contribution in [2.45, 2.75) is 6.29 Å². The van der Waals surface area contributed by atoms with Crippen molar-refractivity contribution in [3.63, 3.8) is 0 Å². The molecule has 2 heteroatoms. The molecule has 1 unspecified atom stereocenters. The molecule has 0 aromatic rings. The van der Waals surface area contributed by atoms with Crippen molar-refractivity contribution in [2.24, 2.45) is 0 Å². The van der Waals surface area contributed by atoms with E-state index >= 15 is 0 Å². The van der Waals surface area contributed by atoms with Crippen molar-refractivity contribution in [1.29, 1.82) is 0 Å². The van der Waals surface area contributed by atoms with E-state index in [1.165, 1.54) is 6.26 Å². The van der Waals surface area contributed by atoms with Gasteiger partial charge in [0.05, 0.1) is 6.26 Å². The van der Waals surface area contributed by atoms with Crippen LogP contribution in [0.5, 0.6) is 0 Å². The van der Waals surface area contributed by atoms with Gasteiger partial charge in [0, 0.05) is 5.57 Å². The lowest BCUT2D eigenvalue weighted by molar-refractivity contribution is -0.00611. The van der Waals surface area contributed by atoms with Gasteiger partial charge in [-0.15, -0.1) is 0 Å². The van der Waals surface area contributed by atoms with E-state index < -0.39 is 6.29 Å². The predicted molar refractivity (Wildman–Crippen MR) is 25.4 cm³/mol. The summed E-state index contributed by atoms with van der Waals surface area (Å²) in [6.07, 6.45) is 2.26. The van der Waals surface area contributed by atoms with Crippen molar-refractivity contribution in [1.82, 2.24) is 0 Å². The van der Waals surface area contributed by atoms with Gasteiger partial charge in [0.25, 0.3) is 0 Å². The van der Waals surface area contributed by atoms with Crippen LogP contribution >= 0.6 is 0 Å². The Balaban J connectivity index is 2.62. The van der Waals surface area contributed by atoms with E-state index in [9.17, 15) is 0 Å². The van der Waals surface area contributed by atoms with Crippen LogP contribution in [0.1, 0.15) is 0 Å². The summed E-state index contributed by atoms with van der Waals surface area (Å²) in [5.74, 6) is 0. The van der Waals surface area contributed by atoms with Crippen LogP contribution in [0.15, 0.2) is 24.5 Å². The third-order valence-corrected chi connectivity index (χ3v) is 0.807. The van der Waals surface area contributed by atoms with E-state index in [4.69, 9.17) is 5.11 Å². The Hall–Kier alpha value is -0.760. The van der Waals surface area contributed by atoms with Crippen molar-refractivity contribution >= 4 is 0 Å². The molecule has 1 aliphatic rings. The molecule has 0 radical (unpaired) electrons. The molecule has 0 bridgehead atoms. The van der Waals surface area contributed by atoms with Crippen molar-refractivity contribution < 1.29 is 9.84 Å². The minimum Gasteiger partial charge on any atom is -0.468 e. The molecule has 38 valence electrons. The van der Waals surface area contributed by atoms with Crippen LogP contribution in [0.4, 0.5) is 0 Å². The van der Waals surface area contributed by atoms with E-state index in [0.717, 1.165) is 0 Å². The molecule has 0 aromatic heterocycles. The lowest BCUT2D eigenvalue weighted by atomic mass is 10.3. The van der Waals surface area contributed by atoms with Gasteiger partial charge in [0.15, 0.2) is 0 Å². The summed E-state index contributed by atoms with van der Waals surface area (Å²) in [4.78, 5) is 0. The fourth-order valence-corrected chi connectivity index (χ4v) is 0.371. The first kappa shape index (κ1) is 4.40. The Morgan fingerprint density at radius 1 is 1.86 bits per heavy atom. The molecule has 2 nitrogen and oxygen atoms in total. The zero-order chi connectivity index (χ0) is 5.28. The molecule has 1 aliphatic heterocycles. The molecule has 1 rings (SSSR count). The molecular weight excluding hydrogens is 92.1 g/mol. The normalized spacial score (nSPS) is 28.1. The number of aliphatic hydroxyl groups excluding tert-OH is 1. The SMILES string of the molecule is C=C1C=COC1O. The van der Waals surface area contributed by atoms with Gasteiger partial charge in [-0.2, -0.15) is 0 Å². The Morgan fingerprint density at radius 2 is 2.57 bits per heavy atom. The highest BCUT2D eigenvalue weighted by Crippen LogP contribution is 2.09. The van der Waals surface area contributed by atoms with Crippen molar-refractivity contribution in [3.05, 3.63) is 24.5 Å². The van der Waals surface area contributed by atoms with Crippen LogP contribution in [0.25, 0.3) is 0 Å². The van der Waals surface area contributed by atoms with Crippen LogP contribution < -0.4 is 0 Å². The van der Waals surface area contributed by atoms with E-state index in [0.29, 0.717) is 5.57 Å². The topological polar surface area (TPSA) is 29.5 Å². The van der Waals surface area contributed by atoms with Gasteiger partial charge in [0.1, 0.15) is 0 Å². The van der Waals surface area contributed by atoms with Gasteiger partial charge in [0.2, 0.25) is 6.29 Å². The molecule has 7 heavy (non-hydrogen) atoms. The second-order valence-electron chi connectivity index (χ2n) is 1.37. The molecule has 0 saturated carbocycles. The summed E-state index contributed by atoms with van der Waals surface area (Å²) in [7, 11) is 0. The van der Waals surface area contributed by atoms with Gasteiger partial charge in [-0.1, -0.05) is 6.58 Å². The highest BCUT2D eigenvalue weighted by molar-refractivity contribution is 5.19. The maximum absolute atomic E-state index is 8.61. The fourth-order valence-electron chi connectivity index (χ4n) is 0.371. The Kier molecular flexibility index (Phi) is 0.872. The van der Waals surface area contributed by atoms with Crippen LogP contribution in [0, 0.1) is 0 Å². The van der Waals surface area contributed by atoms with Crippen molar-refractivity contribution in [3.8, 4) is 0 Å². The number of hydrogen-bond donors (Lipinski definition) is 1. The lowest BCUT2D eigenvalue weighted by Gasteiger charge is -1.99. The standard InChI is InChI=1S/C5H6O2/c1-4-2-3-7-5(4)6/h2-3,5-6H,1H2. The largest absolute Gasteiger partial charge is 0.468 e. The van der Waals surface area contributed by atoms with E-state index in [-0.39, 0.29) is 0 Å². The van der Waals surface area contributed by atoms with Gasteiger partial charge in [-0.05, 0) is 6.08 Å². The molecule has 0 aromatic carbocycles. The number of ether oxygens (including phenoxy) is 1. The Bertz CT molecular complexity index is 115. The van der Waals surface area contributed by atoms with E-state index in [1.807, 2.05) is 0 Å². The van der Waals surface area contributed by atoms with Gasteiger partial charge in [-0.25, -0.2) is 0 Å². The summed E-state index contributed by atoms with van der Waals surface area (Å²) < 4.78 is 4.54. The lowest BCUT2D eigenvalue weighted by Crippen LogP contribution is -2.02. The maximum atomic E-state index is 8.61. The third-order valence-electron chi connectivity index (χ3n) is 0.807. The number of rotatable bonds is 0. The van der Waals surface area contributed by atoms with Crippen molar-refractivity contribution in [2.75, 3.05) is 0 Å². The van der Waals surface area contributed by atoms with Crippen LogP contribution in [0.2, 0.25) is 0 Å². The minimum absolute atomic E-state index is 0.611. The fraction of sp³-hybridized carbons (Fsp3) is 0.200. The predicted octanol–water partition coefficient (Wildman–Crippen LogP) is 0.405. The first-order valence-corrected chi connectivity index (χ1v) is 1.99. The molecule has 0 aliphatic carbocycles. The molecular formula is C5H6O2. The quantitative estimate of drug-likeness (QED) is 0.475. The van der Waals surface area contributed by atoms with Gasteiger partial charge < -0.3 is 9.84 Å². The van der Waals surface area contributed by atoms with Crippen LogP contribution in [-0.4, -0.2) is 11.4 Å². The highest BCUT2D eigenvalue weighted by atomic mass is 16.6. The monoisotopic (exact) mass is 98.0 g/mol. The average Bonchev–Trinajstić information content (AvgIpc) is 1.91. The summed E-state index contributed by atoms with van der Waals surface area (Å²) in [5.41, 5.74) is 0.611. The maximum Gasteiger partial charge on any atom is 0.222 e. The first-order valence-electron chi connectivity index (χ1n) is 1.99. The second-order valence-corrected chi connectivity index (χ2v) is 1.37. The molecule has 0 fully saturated rings. The Morgan fingerprint density at radius 3 is 2.71 bits per heavy atom. The van der Waals surface area contributed by atoms with Gasteiger partial charge >= 0.3 is 0 Å².